The number of hydrogen-bond acceptors (Lipinski definition) is 6. The number of aromatic nitrogens is 2. The molecule has 0 saturated heterocycles. The third-order valence-corrected chi connectivity index (χ3v) is 5.24. The molecule has 0 bridgehead atoms. The van der Waals surface area contributed by atoms with E-state index in [1.165, 1.54) is 48.6 Å². The van der Waals surface area contributed by atoms with Gasteiger partial charge in [0.1, 0.15) is 11.6 Å². The molecule has 182 valence electrons. The summed E-state index contributed by atoms with van der Waals surface area (Å²) in [6, 6.07) is 17.4. The minimum Gasteiger partial charge on any atom is -0.444 e. The number of ether oxygens (including phenoxy) is 1. The van der Waals surface area contributed by atoms with Gasteiger partial charge in [-0.1, -0.05) is 41.1 Å². The van der Waals surface area contributed by atoms with E-state index in [-0.39, 0.29) is 36.0 Å². The minimum absolute atomic E-state index is 0.0208. The fraction of sp³-hybridized carbons (Fsp3) is 0.111. The third-order valence-electron chi connectivity index (χ3n) is 5.24. The molecule has 4 aromatic rings. The molecule has 1 aromatic heterocycles. The van der Waals surface area contributed by atoms with Crippen molar-refractivity contribution >= 4 is 18.5 Å². The highest BCUT2D eigenvalue weighted by molar-refractivity contribution is 5.91. The van der Waals surface area contributed by atoms with Gasteiger partial charge in [-0.3, -0.25) is 9.59 Å². The number of carbonyl (C=O) groups is 2. The molecule has 0 aliphatic rings. The van der Waals surface area contributed by atoms with E-state index in [4.69, 9.17) is 9.26 Å². The van der Waals surface area contributed by atoms with E-state index in [1.54, 1.807) is 6.07 Å². The van der Waals surface area contributed by atoms with Gasteiger partial charge in [0.2, 0.25) is 11.7 Å². The maximum Gasteiger partial charge on any atom is 0.295 e. The van der Waals surface area contributed by atoms with E-state index in [0.717, 1.165) is 11.1 Å². The summed E-state index contributed by atoms with van der Waals surface area (Å²) in [5.74, 6) is -1.17. The SMILES string of the molecule is Cc1ccc(-c2nc(-c3ccc(CC(NC(=O)/C=C/c4ccc(F)cc4)OC=O)cc3F)no2)cc1. The normalized spacial score (nSPS) is 11.9. The summed E-state index contributed by atoms with van der Waals surface area (Å²) in [6.45, 7) is 2.16. The first-order chi connectivity index (χ1) is 17.4. The van der Waals surface area contributed by atoms with Gasteiger partial charge in [-0.05, 0) is 60.5 Å². The summed E-state index contributed by atoms with van der Waals surface area (Å²) in [5, 5.41) is 6.40. The van der Waals surface area contributed by atoms with Crippen molar-refractivity contribution < 1.29 is 27.6 Å². The van der Waals surface area contributed by atoms with Gasteiger partial charge in [0.15, 0.2) is 6.23 Å². The van der Waals surface area contributed by atoms with Crippen LogP contribution in [0.3, 0.4) is 0 Å². The van der Waals surface area contributed by atoms with Gasteiger partial charge < -0.3 is 14.6 Å². The summed E-state index contributed by atoms with van der Waals surface area (Å²) < 4.78 is 38.1. The molecule has 1 atom stereocenters. The highest BCUT2D eigenvalue weighted by atomic mass is 19.1. The van der Waals surface area contributed by atoms with Gasteiger partial charge in [0.25, 0.3) is 12.4 Å². The van der Waals surface area contributed by atoms with Crippen LogP contribution < -0.4 is 5.32 Å². The monoisotopic (exact) mass is 489 g/mol. The number of nitrogens with zero attached hydrogens (tertiary/aromatic N) is 2. The van der Waals surface area contributed by atoms with E-state index in [0.29, 0.717) is 11.1 Å². The average molecular weight is 489 g/mol. The molecule has 0 radical (unpaired) electrons. The molecule has 1 amide bonds. The van der Waals surface area contributed by atoms with Gasteiger partial charge >= 0.3 is 0 Å². The van der Waals surface area contributed by atoms with E-state index in [2.05, 4.69) is 15.5 Å². The van der Waals surface area contributed by atoms with Gasteiger partial charge in [-0.2, -0.15) is 4.98 Å². The van der Waals surface area contributed by atoms with Crippen LogP contribution >= 0.6 is 0 Å². The summed E-state index contributed by atoms with van der Waals surface area (Å²) in [4.78, 5) is 27.4. The third kappa shape index (κ3) is 6.26. The molecular weight excluding hydrogens is 468 g/mol. The van der Waals surface area contributed by atoms with Gasteiger partial charge in [-0.25, -0.2) is 8.78 Å². The number of amides is 1. The van der Waals surface area contributed by atoms with Crippen molar-refractivity contribution in [2.45, 2.75) is 19.6 Å². The molecule has 4 rings (SSSR count). The van der Waals surface area contributed by atoms with Crippen LogP contribution in [0.25, 0.3) is 28.9 Å². The van der Waals surface area contributed by atoms with Crippen LogP contribution in [0.5, 0.6) is 0 Å². The average Bonchev–Trinajstić information content (AvgIpc) is 3.34. The van der Waals surface area contributed by atoms with Crippen LogP contribution in [0.4, 0.5) is 8.78 Å². The van der Waals surface area contributed by atoms with Crippen molar-refractivity contribution in [2.24, 2.45) is 0 Å². The Labute approximate surface area is 205 Å². The van der Waals surface area contributed by atoms with Crippen LogP contribution in [-0.4, -0.2) is 28.7 Å². The largest absolute Gasteiger partial charge is 0.444 e. The van der Waals surface area contributed by atoms with Crippen molar-refractivity contribution in [3.8, 4) is 22.8 Å². The molecule has 1 N–H and O–H groups in total. The number of rotatable bonds is 9. The summed E-state index contributed by atoms with van der Waals surface area (Å²) >= 11 is 0. The fourth-order valence-electron chi connectivity index (χ4n) is 3.38. The maximum absolute atomic E-state index is 14.9. The van der Waals surface area contributed by atoms with Gasteiger partial charge in [-0.15, -0.1) is 0 Å². The number of halogens is 2. The van der Waals surface area contributed by atoms with E-state index in [1.807, 2.05) is 31.2 Å². The Balaban J connectivity index is 1.43. The molecule has 0 fully saturated rings. The molecular formula is C27H21F2N3O4. The Morgan fingerprint density at radius 2 is 1.83 bits per heavy atom. The minimum atomic E-state index is -1.03. The highest BCUT2D eigenvalue weighted by Crippen LogP contribution is 2.25. The second-order valence-electron chi connectivity index (χ2n) is 7.92. The summed E-state index contributed by atoms with van der Waals surface area (Å²) in [7, 11) is 0. The molecule has 9 heteroatoms. The van der Waals surface area contributed by atoms with Crippen molar-refractivity contribution in [3.05, 3.63) is 101 Å². The lowest BCUT2D eigenvalue weighted by molar-refractivity contribution is -0.137. The molecule has 0 spiro atoms. The van der Waals surface area contributed by atoms with Crippen LogP contribution in [0.15, 0.2) is 77.3 Å². The lowest BCUT2D eigenvalue weighted by Gasteiger charge is -2.16. The molecule has 1 heterocycles. The smallest absolute Gasteiger partial charge is 0.295 e. The number of benzene rings is 3. The lowest BCUT2D eigenvalue weighted by atomic mass is 10.1. The number of nitrogens with one attached hydrogen (secondary N) is 1. The molecule has 0 saturated carbocycles. The molecule has 3 aromatic carbocycles. The first-order valence-electron chi connectivity index (χ1n) is 10.9. The van der Waals surface area contributed by atoms with E-state index >= 15 is 0 Å². The Bertz CT molecular complexity index is 1380. The van der Waals surface area contributed by atoms with Crippen LogP contribution in [-0.2, 0) is 20.7 Å². The summed E-state index contributed by atoms with van der Waals surface area (Å²) in [5.41, 5.74) is 3.02. The second-order valence-corrected chi connectivity index (χ2v) is 7.92. The number of aryl methyl sites for hydroxylation is 1. The second kappa shape index (κ2) is 11.2. The Kier molecular flexibility index (Phi) is 7.60. The molecule has 36 heavy (non-hydrogen) atoms. The number of carbonyl (C=O) groups excluding carboxylic acids is 2. The fourth-order valence-corrected chi connectivity index (χ4v) is 3.38. The van der Waals surface area contributed by atoms with Crippen LogP contribution in [0, 0.1) is 18.6 Å². The number of hydrogen-bond donors (Lipinski definition) is 1. The first kappa shape index (κ1) is 24.5. The van der Waals surface area contributed by atoms with Crippen molar-refractivity contribution in [3.63, 3.8) is 0 Å². The zero-order valence-electron chi connectivity index (χ0n) is 19.2. The van der Waals surface area contributed by atoms with Crippen molar-refractivity contribution in [1.29, 1.82) is 0 Å². The standard InChI is InChI=1S/C27H21F2N3O4/c1-17-2-8-20(9-3-17)27-31-26(32-36-27)22-12-6-19(14-23(22)29)15-25(35-16-33)30-24(34)13-7-18-4-10-21(28)11-5-18/h2-14,16,25H,15H2,1H3,(H,30,34)/b13-7+. The molecule has 7 nitrogen and oxygen atoms in total. The molecule has 0 aliphatic heterocycles. The van der Waals surface area contributed by atoms with E-state index < -0.39 is 18.0 Å². The zero-order valence-corrected chi connectivity index (χ0v) is 19.2. The maximum atomic E-state index is 14.9. The lowest BCUT2D eigenvalue weighted by Crippen LogP contribution is -2.37. The van der Waals surface area contributed by atoms with Crippen molar-refractivity contribution in [2.75, 3.05) is 0 Å². The zero-order chi connectivity index (χ0) is 25.5. The van der Waals surface area contributed by atoms with Crippen LogP contribution in [0.1, 0.15) is 16.7 Å². The van der Waals surface area contributed by atoms with Crippen molar-refractivity contribution in [1.82, 2.24) is 15.5 Å². The quantitative estimate of drug-likeness (QED) is 0.205. The van der Waals surface area contributed by atoms with Crippen LogP contribution in [0.2, 0.25) is 0 Å². The Hall–Kier alpha value is -4.66. The topological polar surface area (TPSA) is 94.3 Å². The first-order valence-corrected chi connectivity index (χ1v) is 10.9. The van der Waals surface area contributed by atoms with Gasteiger partial charge in [0, 0.05) is 18.1 Å². The summed E-state index contributed by atoms with van der Waals surface area (Å²) in [6.07, 6.45) is 1.69. The predicted molar refractivity (Wildman–Crippen MR) is 128 cm³/mol. The highest BCUT2D eigenvalue weighted by Gasteiger charge is 2.17. The Morgan fingerprint density at radius 1 is 1.08 bits per heavy atom. The molecule has 1 unspecified atom stereocenters. The van der Waals surface area contributed by atoms with Gasteiger partial charge in [0.05, 0.1) is 5.56 Å². The Morgan fingerprint density at radius 3 is 2.53 bits per heavy atom. The van der Waals surface area contributed by atoms with E-state index in [9.17, 15) is 18.4 Å². The predicted octanol–water partition coefficient (Wildman–Crippen LogP) is 4.86. The molecule has 0 aliphatic carbocycles.